The van der Waals surface area contributed by atoms with Gasteiger partial charge in [-0.2, -0.15) is 5.10 Å². The molecule has 0 spiro atoms. The van der Waals surface area contributed by atoms with Gasteiger partial charge < -0.3 is 14.7 Å². The number of aromatic nitrogens is 2. The second-order valence-corrected chi connectivity index (χ2v) is 6.97. The van der Waals surface area contributed by atoms with Gasteiger partial charge in [-0.25, -0.2) is 4.39 Å². The second kappa shape index (κ2) is 9.43. The molecule has 0 aliphatic rings. The minimum absolute atomic E-state index is 0.0234. The summed E-state index contributed by atoms with van der Waals surface area (Å²) in [4.78, 5) is 20.9. The van der Waals surface area contributed by atoms with Crippen molar-refractivity contribution < 1.29 is 23.2 Å². The van der Waals surface area contributed by atoms with Gasteiger partial charge >= 0.3 is 8.25 Å². The number of carbonyl (C=O) groups excluding carboxylic acids is 1. The van der Waals surface area contributed by atoms with Crippen LogP contribution in [-0.4, -0.2) is 20.6 Å². The minimum Gasteiger partial charge on any atom is -0.326 e. The number of halogens is 1. The third kappa shape index (κ3) is 5.71. The van der Waals surface area contributed by atoms with E-state index >= 15 is 0 Å². The molecule has 3 rings (SSSR count). The highest BCUT2D eigenvalue weighted by molar-refractivity contribution is 7.32. The number of nitrogens with one attached hydrogen (secondary N) is 1. The van der Waals surface area contributed by atoms with Gasteiger partial charge in [0.05, 0.1) is 18.5 Å². The maximum atomic E-state index is 13.2. The first-order valence-corrected chi connectivity index (χ1v) is 9.90. The van der Waals surface area contributed by atoms with Gasteiger partial charge in [-0.1, -0.05) is 12.1 Å². The lowest BCUT2D eigenvalue weighted by atomic mass is 10.1. The third-order valence-corrected chi connectivity index (χ3v) is 4.47. The maximum absolute atomic E-state index is 13.2. The molecule has 0 aliphatic carbocycles. The zero-order valence-electron chi connectivity index (χ0n) is 15.5. The summed E-state index contributed by atoms with van der Waals surface area (Å²) >= 11 is 0. The zero-order chi connectivity index (χ0) is 20.8. The Kier molecular flexibility index (Phi) is 6.72. The first-order chi connectivity index (χ1) is 13.9. The maximum Gasteiger partial charge on any atom is 0.316 e. The Morgan fingerprint density at radius 2 is 1.93 bits per heavy atom. The van der Waals surface area contributed by atoms with E-state index in [0.29, 0.717) is 11.3 Å². The van der Waals surface area contributed by atoms with Crippen LogP contribution in [0.25, 0.3) is 17.3 Å². The molecule has 3 aromatic rings. The number of anilines is 1. The van der Waals surface area contributed by atoms with E-state index in [1.165, 1.54) is 18.2 Å². The van der Waals surface area contributed by atoms with E-state index in [2.05, 4.69) is 14.9 Å². The normalized spacial score (nSPS) is 12.2. The lowest BCUT2D eigenvalue weighted by Gasteiger charge is -2.05. The number of rotatable bonds is 7. The van der Waals surface area contributed by atoms with Gasteiger partial charge in [0.15, 0.2) is 0 Å². The van der Waals surface area contributed by atoms with Gasteiger partial charge in [0.1, 0.15) is 5.82 Å². The molecule has 0 saturated carbocycles. The van der Waals surface area contributed by atoms with Crippen molar-refractivity contribution in [2.45, 2.75) is 6.61 Å². The van der Waals surface area contributed by atoms with Crippen LogP contribution >= 0.6 is 8.25 Å². The Hall–Kier alpha value is -3.06. The number of hydrogen-bond donors (Lipinski definition) is 2. The molecule has 2 aromatic carbocycles. The summed E-state index contributed by atoms with van der Waals surface area (Å²) in [5.74, 6) is -0.654. The Balaban J connectivity index is 1.67. The third-order valence-electron chi connectivity index (χ3n) is 4.08. The van der Waals surface area contributed by atoms with E-state index in [9.17, 15) is 13.8 Å². The molecule has 0 saturated heterocycles. The van der Waals surface area contributed by atoms with Crippen LogP contribution in [0.3, 0.4) is 0 Å². The SMILES string of the molecule is Cn1ncc(C=CC(=O)Nc2ccc(CO[PH](=O)O)cc2)c1-c1ccc(F)cc1. The molecular formula is C20H19FN3O4P. The topological polar surface area (TPSA) is 93.5 Å². The molecule has 1 atom stereocenters. The van der Waals surface area contributed by atoms with Crippen LogP contribution in [0.2, 0.25) is 0 Å². The second-order valence-electron chi connectivity index (χ2n) is 6.15. The predicted molar refractivity (Wildman–Crippen MR) is 109 cm³/mol. The number of benzene rings is 2. The summed E-state index contributed by atoms with van der Waals surface area (Å²) in [5.41, 5.74) is 3.56. The van der Waals surface area contributed by atoms with Crippen molar-refractivity contribution in [1.29, 1.82) is 0 Å². The van der Waals surface area contributed by atoms with Gasteiger partial charge in [0, 0.05) is 29.9 Å². The number of hydrogen-bond acceptors (Lipinski definition) is 4. The van der Waals surface area contributed by atoms with E-state index in [4.69, 9.17) is 4.89 Å². The lowest BCUT2D eigenvalue weighted by Crippen LogP contribution is -2.07. The molecule has 1 aromatic heterocycles. The molecule has 1 heterocycles. The molecule has 7 nitrogen and oxygen atoms in total. The van der Waals surface area contributed by atoms with Crippen molar-refractivity contribution in [3.05, 3.63) is 77.7 Å². The van der Waals surface area contributed by atoms with Gasteiger partial charge in [-0.3, -0.25) is 14.0 Å². The molecule has 1 unspecified atom stereocenters. The van der Waals surface area contributed by atoms with Crippen LogP contribution in [-0.2, 0) is 27.5 Å². The van der Waals surface area contributed by atoms with Crippen molar-refractivity contribution in [2.24, 2.45) is 7.05 Å². The smallest absolute Gasteiger partial charge is 0.316 e. The van der Waals surface area contributed by atoms with Crippen molar-refractivity contribution >= 4 is 25.9 Å². The molecule has 29 heavy (non-hydrogen) atoms. The fourth-order valence-electron chi connectivity index (χ4n) is 2.72. The highest BCUT2D eigenvalue weighted by atomic mass is 31.1. The van der Waals surface area contributed by atoms with E-state index < -0.39 is 8.25 Å². The lowest BCUT2D eigenvalue weighted by molar-refractivity contribution is -0.111. The fourth-order valence-corrected chi connectivity index (χ4v) is 3.01. The molecule has 0 fully saturated rings. The standard InChI is InChI=1S/C20H19FN3O4P/c1-24-20(15-4-7-17(21)8-5-15)16(12-22-24)6-11-19(25)23-18-9-2-14(3-10-18)13-28-29(26)27/h2-12,29H,13H2,1H3,(H,23,25)(H,26,27). The summed E-state index contributed by atoms with van der Waals surface area (Å²) < 4.78 is 30.1. The van der Waals surface area contributed by atoms with Gasteiger partial charge in [0.25, 0.3) is 0 Å². The molecule has 0 aliphatic heterocycles. The van der Waals surface area contributed by atoms with Gasteiger partial charge in [-0.05, 0) is 48.0 Å². The van der Waals surface area contributed by atoms with Crippen LogP contribution in [0, 0.1) is 5.82 Å². The molecule has 9 heteroatoms. The number of carbonyl (C=O) groups is 1. The van der Waals surface area contributed by atoms with Crippen LogP contribution < -0.4 is 5.32 Å². The zero-order valence-corrected chi connectivity index (χ0v) is 16.5. The predicted octanol–water partition coefficient (Wildman–Crippen LogP) is 3.78. The first kappa shape index (κ1) is 20.7. The molecule has 0 radical (unpaired) electrons. The van der Waals surface area contributed by atoms with E-state index in [0.717, 1.165) is 16.8 Å². The van der Waals surface area contributed by atoms with Crippen molar-refractivity contribution in [3.63, 3.8) is 0 Å². The van der Waals surface area contributed by atoms with Crippen LogP contribution in [0.4, 0.5) is 10.1 Å². The molecular weight excluding hydrogens is 396 g/mol. The van der Waals surface area contributed by atoms with Gasteiger partial charge in [-0.15, -0.1) is 0 Å². The summed E-state index contributed by atoms with van der Waals surface area (Å²) in [5, 5.41) is 6.94. The summed E-state index contributed by atoms with van der Waals surface area (Å²) in [6, 6.07) is 12.8. The highest BCUT2D eigenvalue weighted by Gasteiger charge is 2.09. The molecule has 0 bridgehead atoms. The number of aryl methyl sites for hydroxylation is 1. The minimum atomic E-state index is -2.97. The molecule has 150 valence electrons. The van der Waals surface area contributed by atoms with Crippen molar-refractivity contribution in [2.75, 3.05) is 5.32 Å². The highest BCUT2D eigenvalue weighted by Crippen LogP contribution is 2.24. The van der Waals surface area contributed by atoms with Crippen molar-refractivity contribution in [1.82, 2.24) is 9.78 Å². The molecule has 2 N–H and O–H groups in total. The average Bonchev–Trinajstić information content (AvgIpc) is 3.07. The first-order valence-electron chi connectivity index (χ1n) is 8.64. The summed E-state index contributed by atoms with van der Waals surface area (Å²) in [6.45, 7) is 0.0234. The summed E-state index contributed by atoms with van der Waals surface area (Å²) in [6.07, 6.45) is 4.66. The molecule has 1 amide bonds. The largest absolute Gasteiger partial charge is 0.326 e. The Morgan fingerprint density at radius 3 is 2.59 bits per heavy atom. The van der Waals surface area contributed by atoms with Gasteiger partial charge in [0.2, 0.25) is 5.91 Å². The monoisotopic (exact) mass is 415 g/mol. The summed E-state index contributed by atoms with van der Waals surface area (Å²) in [7, 11) is -1.20. The number of amides is 1. The number of nitrogens with zero attached hydrogens (tertiary/aromatic N) is 2. The Bertz CT molecular complexity index is 1050. The van der Waals surface area contributed by atoms with E-state index in [1.54, 1.807) is 60.4 Å². The van der Waals surface area contributed by atoms with Crippen LogP contribution in [0.5, 0.6) is 0 Å². The average molecular weight is 415 g/mol. The Labute approximate surface area is 167 Å². The van der Waals surface area contributed by atoms with E-state index in [1.807, 2.05) is 0 Å². The fraction of sp³-hybridized carbons (Fsp3) is 0.100. The van der Waals surface area contributed by atoms with Crippen molar-refractivity contribution in [3.8, 4) is 11.3 Å². The van der Waals surface area contributed by atoms with E-state index in [-0.39, 0.29) is 18.3 Å². The quantitative estimate of drug-likeness (QED) is 0.453. The Morgan fingerprint density at radius 1 is 1.24 bits per heavy atom. The van der Waals surface area contributed by atoms with Crippen LogP contribution in [0.1, 0.15) is 11.1 Å². The van der Waals surface area contributed by atoms with Crippen LogP contribution in [0.15, 0.2) is 60.8 Å².